The van der Waals surface area contributed by atoms with Gasteiger partial charge in [0.25, 0.3) is 0 Å². The minimum absolute atomic E-state index is 0. The van der Waals surface area contributed by atoms with E-state index in [1.165, 1.54) is 16.7 Å². The molecule has 1 N–H and O–H groups in total. The first-order valence-corrected chi connectivity index (χ1v) is 9.26. The van der Waals surface area contributed by atoms with Gasteiger partial charge < -0.3 is 19.7 Å². The Bertz CT molecular complexity index is 558. The molecule has 148 valence electrons. The van der Waals surface area contributed by atoms with Gasteiger partial charge in [-0.25, -0.2) is 0 Å². The number of guanidine groups is 1. The lowest BCUT2D eigenvalue weighted by atomic mass is 10.1. The number of hydrogen-bond acceptors (Lipinski definition) is 3. The van der Waals surface area contributed by atoms with Gasteiger partial charge in [0.2, 0.25) is 0 Å². The average Bonchev–Trinajstić information content (AvgIpc) is 2.62. The van der Waals surface area contributed by atoms with Crippen molar-refractivity contribution in [3.8, 4) is 0 Å². The van der Waals surface area contributed by atoms with E-state index in [4.69, 9.17) is 9.47 Å². The van der Waals surface area contributed by atoms with Crippen LogP contribution in [0.25, 0.3) is 0 Å². The normalized spacial score (nSPS) is 15.7. The van der Waals surface area contributed by atoms with E-state index in [0.717, 1.165) is 58.1 Å². The van der Waals surface area contributed by atoms with E-state index in [1.807, 2.05) is 7.05 Å². The van der Waals surface area contributed by atoms with E-state index in [-0.39, 0.29) is 24.0 Å². The summed E-state index contributed by atoms with van der Waals surface area (Å²) in [5, 5.41) is 3.51. The molecule has 2 rings (SSSR count). The SMILES string of the molecule is CN=C(NCc1ccc(C)cc1C)N1CCC(OCCCOC)CC1.I. The maximum atomic E-state index is 5.94. The number of methoxy groups -OCH3 is 1. The molecule has 1 aliphatic rings. The molecule has 0 spiro atoms. The predicted molar refractivity (Wildman–Crippen MR) is 119 cm³/mol. The number of hydrogen-bond donors (Lipinski definition) is 1. The van der Waals surface area contributed by atoms with Gasteiger partial charge in [-0.2, -0.15) is 0 Å². The van der Waals surface area contributed by atoms with Gasteiger partial charge in [-0.05, 0) is 44.2 Å². The fourth-order valence-electron chi connectivity index (χ4n) is 3.24. The number of nitrogens with zero attached hydrogens (tertiary/aromatic N) is 2. The van der Waals surface area contributed by atoms with Crippen molar-refractivity contribution >= 4 is 29.9 Å². The summed E-state index contributed by atoms with van der Waals surface area (Å²) >= 11 is 0. The van der Waals surface area contributed by atoms with Crippen molar-refractivity contribution in [1.29, 1.82) is 0 Å². The lowest BCUT2D eigenvalue weighted by Gasteiger charge is -2.34. The molecule has 0 atom stereocenters. The second-order valence-electron chi connectivity index (χ2n) is 6.73. The summed E-state index contributed by atoms with van der Waals surface area (Å²) in [6.07, 6.45) is 3.44. The van der Waals surface area contributed by atoms with Crippen LogP contribution in [0.2, 0.25) is 0 Å². The average molecular weight is 475 g/mol. The molecule has 1 aliphatic heterocycles. The second kappa shape index (κ2) is 12.5. The van der Waals surface area contributed by atoms with Gasteiger partial charge in [-0.1, -0.05) is 23.8 Å². The number of ether oxygens (including phenoxy) is 2. The van der Waals surface area contributed by atoms with Gasteiger partial charge in [0, 0.05) is 47.0 Å². The van der Waals surface area contributed by atoms with Gasteiger partial charge in [0.05, 0.1) is 6.10 Å². The highest BCUT2D eigenvalue weighted by Crippen LogP contribution is 2.15. The Labute approximate surface area is 175 Å². The van der Waals surface area contributed by atoms with Crippen molar-refractivity contribution in [1.82, 2.24) is 10.2 Å². The lowest BCUT2D eigenvalue weighted by molar-refractivity contribution is 0.00990. The first-order valence-electron chi connectivity index (χ1n) is 9.26. The monoisotopic (exact) mass is 475 g/mol. The highest BCUT2D eigenvalue weighted by atomic mass is 127. The van der Waals surface area contributed by atoms with Crippen molar-refractivity contribution < 1.29 is 9.47 Å². The van der Waals surface area contributed by atoms with Crippen LogP contribution in [0.3, 0.4) is 0 Å². The van der Waals surface area contributed by atoms with Crippen molar-refractivity contribution in [2.24, 2.45) is 4.99 Å². The van der Waals surface area contributed by atoms with Crippen molar-refractivity contribution in [3.05, 3.63) is 34.9 Å². The number of aryl methyl sites for hydroxylation is 2. The van der Waals surface area contributed by atoms with Crippen LogP contribution in [0.5, 0.6) is 0 Å². The number of likely N-dealkylation sites (tertiary alicyclic amines) is 1. The highest BCUT2D eigenvalue weighted by Gasteiger charge is 2.21. The molecule has 26 heavy (non-hydrogen) atoms. The number of piperidine rings is 1. The Kier molecular flexibility index (Phi) is 11.2. The molecule has 1 aromatic rings. The third-order valence-electron chi connectivity index (χ3n) is 4.73. The zero-order valence-electron chi connectivity index (χ0n) is 16.6. The molecule has 0 radical (unpaired) electrons. The Morgan fingerprint density at radius 1 is 1.23 bits per heavy atom. The molecule has 1 aromatic carbocycles. The minimum Gasteiger partial charge on any atom is -0.385 e. The zero-order valence-corrected chi connectivity index (χ0v) is 18.9. The molecule has 0 unspecified atom stereocenters. The van der Waals surface area contributed by atoms with Gasteiger partial charge in [0.15, 0.2) is 5.96 Å². The number of halogens is 1. The molecular formula is C20H34IN3O2. The number of benzene rings is 1. The minimum atomic E-state index is 0. The summed E-state index contributed by atoms with van der Waals surface area (Å²) in [4.78, 5) is 6.79. The molecule has 0 aromatic heterocycles. The topological polar surface area (TPSA) is 46.1 Å². The van der Waals surface area contributed by atoms with Crippen molar-refractivity contribution in [2.75, 3.05) is 40.5 Å². The first kappa shape index (κ1) is 23.2. The van der Waals surface area contributed by atoms with Crippen LogP contribution in [-0.4, -0.2) is 57.4 Å². The van der Waals surface area contributed by atoms with E-state index in [2.05, 4.69) is 47.3 Å². The summed E-state index contributed by atoms with van der Waals surface area (Å²) in [7, 11) is 3.59. The van der Waals surface area contributed by atoms with E-state index in [0.29, 0.717) is 6.10 Å². The van der Waals surface area contributed by atoms with Crippen LogP contribution in [0.1, 0.15) is 36.0 Å². The molecule has 1 heterocycles. The smallest absolute Gasteiger partial charge is 0.193 e. The standard InChI is InChI=1S/C20H33N3O2.HI/c1-16-6-7-18(17(2)14-16)15-22-20(21-3)23-10-8-19(9-11-23)25-13-5-12-24-4;/h6-7,14,19H,5,8-13,15H2,1-4H3,(H,21,22);1H. The van der Waals surface area contributed by atoms with Crippen molar-refractivity contribution in [2.45, 2.75) is 45.8 Å². The Morgan fingerprint density at radius 2 is 1.96 bits per heavy atom. The maximum Gasteiger partial charge on any atom is 0.193 e. The van der Waals surface area contributed by atoms with Crippen molar-refractivity contribution in [3.63, 3.8) is 0 Å². The molecular weight excluding hydrogens is 441 g/mol. The predicted octanol–water partition coefficient (Wildman–Crippen LogP) is 3.51. The number of aliphatic imine (C=N–C) groups is 1. The molecule has 0 saturated carbocycles. The highest BCUT2D eigenvalue weighted by molar-refractivity contribution is 14.0. The molecule has 6 heteroatoms. The van der Waals surface area contributed by atoms with Crippen LogP contribution < -0.4 is 5.32 Å². The van der Waals surface area contributed by atoms with Crippen LogP contribution in [-0.2, 0) is 16.0 Å². The Morgan fingerprint density at radius 3 is 2.58 bits per heavy atom. The quantitative estimate of drug-likeness (QED) is 0.284. The summed E-state index contributed by atoms with van der Waals surface area (Å²) in [6.45, 7) is 8.64. The molecule has 1 fully saturated rings. The fraction of sp³-hybridized carbons (Fsp3) is 0.650. The summed E-state index contributed by atoms with van der Waals surface area (Å²) in [5.74, 6) is 0.984. The maximum absolute atomic E-state index is 5.94. The zero-order chi connectivity index (χ0) is 18.1. The first-order chi connectivity index (χ1) is 12.1. The van der Waals surface area contributed by atoms with E-state index < -0.39 is 0 Å². The molecule has 0 aliphatic carbocycles. The van der Waals surface area contributed by atoms with Gasteiger partial charge in [0.1, 0.15) is 0 Å². The molecule has 1 saturated heterocycles. The summed E-state index contributed by atoms with van der Waals surface area (Å²) in [5.41, 5.74) is 3.95. The third kappa shape index (κ3) is 7.40. The molecule has 0 amide bonds. The third-order valence-corrected chi connectivity index (χ3v) is 4.73. The summed E-state index contributed by atoms with van der Waals surface area (Å²) in [6, 6.07) is 6.59. The number of nitrogens with one attached hydrogen (secondary N) is 1. The Hall–Kier alpha value is -0.860. The largest absolute Gasteiger partial charge is 0.385 e. The van der Waals surface area contributed by atoms with Crippen LogP contribution in [0.4, 0.5) is 0 Å². The van der Waals surface area contributed by atoms with E-state index in [9.17, 15) is 0 Å². The van der Waals surface area contributed by atoms with E-state index in [1.54, 1.807) is 7.11 Å². The van der Waals surface area contributed by atoms with Crippen LogP contribution in [0.15, 0.2) is 23.2 Å². The van der Waals surface area contributed by atoms with Crippen LogP contribution in [0, 0.1) is 13.8 Å². The van der Waals surface area contributed by atoms with Crippen LogP contribution >= 0.6 is 24.0 Å². The second-order valence-corrected chi connectivity index (χ2v) is 6.73. The van der Waals surface area contributed by atoms with E-state index >= 15 is 0 Å². The molecule has 0 bridgehead atoms. The van der Waals surface area contributed by atoms with Gasteiger partial charge in [-0.3, -0.25) is 4.99 Å². The lowest BCUT2D eigenvalue weighted by Crippen LogP contribution is -2.46. The van der Waals surface area contributed by atoms with Gasteiger partial charge in [-0.15, -0.1) is 24.0 Å². The summed E-state index contributed by atoms with van der Waals surface area (Å²) < 4.78 is 11.0. The van der Waals surface area contributed by atoms with Gasteiger partial charge >= 0.3 is 0 Å². The Balaban J connectivity index is 0.00000338. The molecule has 5 nitrogen and oxygen atoms in total. The number of rotatable bonds is 7. The fourth-order valence-corrected chi connectivity index (χ4v) is 3.24.